The van der Waals surface area contributed by atoms with Crippen molar-refractivity contribution in [2.24, 2.45) is 5.41 Å². The molecule has 0 aliphatic carbocycles. The SMILES string of the molecule is O=C(c1cccc(Cl)c1)N1CCC2(CCN(c3cccnc3)C2=O)C1. The zero-order chi connectivity index (χ0) is 17.4. The van der Waals surface area contributed by atoms with Gasteiger partial charge in [0.25, 0.3) is 5.91 Å². The number of likely N-dealkylation sites (tertiary alicyclic amines) is 1. The molecule has 0 bridgehead atoms. The fourth-order valence-corrected chi connectivity index (χ4v) is 4.00. The minimum atomic E-state index is -0.468. The van der Waals surface area contributed by atoms with Crippen molar-refractivity contribution in [3.05, 3.63) is 59.4 Å². The molecule has 128 valence electrons. The first-order valence-electron chi connectivity index (χ1n) is 8.36. The van der Waals surface area contributed by atoms with Gasteiger partial charge in [-0.1, -0.05) is 17.7 Å². The van der Waals surface area contributed by atoms with Gasteiger partial charge in [0.15, 0.2) is 0 Å². The van der Waals surface area contributed by atoms with E-state index in [1.165, 1.54) is 0 Å². The van der Waals surface area contributed by atoms with Crippen LogP contribution in [0.15, 0.2) is 48.8 Å². The Hall–Kier alpha value is -2.40. The first kappa shape index (κ1) is 16.1. The Morgan fingerprint density at radius 2 is 2.00 bits per heavy atom. The summed E-state index contributed by atoms with van der Waals surface area (Å²) in [5, 5.41) is 0.541. The summed E-state index contributed by atoms with van der Waals surface area (Å²) in [5.41, 5.74) is 0.924. The molecule has 2 fully saturated rings. The lowest BCUT2D eigenvalue weighted by molar-refractivity contribution is -0.124. The van der Waals surface area contributed by atoms with E-state index in [-0.39, 0.29) is 11.8 Å². The van der Waals surface area contributed by atoms with E-state index in [1.54, 1.807) is 46.5 Å². The Kier molecular flexibility index (Phi) is 3.96. The van der Waals surface area contributed by atoms with Gasteiger partial charge in [-0.3, -0.25) is 14.6 Å². The van der Waals surface area contributed by atoms with E-state index in [9.17, 15) is 9.59 Å². The molecule has 0 radical (unpaired) electrons. The molecule has 1 aromatic heterocycles. The number of pyridine rings is 1. The fourth-order valence-electron chi connectivity index (χ4n) is 3.81. The molecule has 5 nitrogen and oxygen atoms in total. The van der Waals surface area contributed by atoms with Crippen molar-refractivity contribution in [1.29, 1.82) is 0 Å². The van der Waals surface area contributed by atoms with Crippen LogP contribution in [0.5, 0.6) is 0 Å². The molecule has 6 heteroatoms. The molecule has 0 N–H and O–H groups in total. The van der Waals surface area contributed by atoms with Gasteiger partial charge < -0.3 is 9.80 Å². The molecule has 1 atom stereocenters. The number of carbonyl (C=O) groups is 2. The summed E-state index contributed by atoms with van der Waals surface area (Å²) in [7, 11) is 0. The Bertz CT molecular complexity index is 826. The summed E-state index contributed by atoms with van der Waals surface area (Å²) in [6.07, 6.45) is 4.87. The number of hydrogen-bond donors (Lipinski definition) is 0. The largest absolute Gasteiger partial charge is 0.338 e. The van der Waals surface area contributed by atoms with Crippen LogP contribution in [0.25, 0.3) is 0 Å². The molecule has 2 aliphatic rings. The van der Waals surface area contributed by atoms with Crippen LogP contribution in [-0.4, -0.2) is 41.3 Å². The summed E-state index contributed by atoms with van der Waals surface area (Å²) < 4.78 is 0. The van der Waals surface area contributed by atoms with Gasteiger partial charge in [-0.25, -0.2) is 0 Å². The highest BCUT2D eigenvalue weighted by Crippen LogP contribution is 2.42. The highest BCUT2D eigenvalue weighted by molar-refractivity contribution is 6.31. The Labute approximate surface area is 151 Å². The molecule has 3 heterocycles. The van der Waals surface area contributed by atoms with E-state index in [1.807, 2.05) is 12.1 Å². The van der Waals surface area contributed by atoms with Crippen molar-refractivity contribution in [3.8, 4) is 0 Å². The molecule has 1 aromatic carbocycles. The number of rotatable bonds is 2. The lowest BCUT2D eigenvalue weighted by atomic mass is 9.85. The summed E-state index contributed by atoms with van der Waals surface area (Å²) in [5.74, 6) is 0.0360. The van der Waals surface area contributed by atoms with Gasteiger partial charge in [0.05, 0.1) is 17.3 Å². The highest BCUT2D eigenvalue weighted by atomic mass is 35.5. The van der Waals surface area contributed by atoms with Crippen LogP contribution in [0.4, 0.5) is 5.69 Å². The van der Waals surface area contributed by atoms with Crippen molar-refractivity contribution in [2.45, 2.75) is 12.8 Å². The molecule has 2 amide bonds. The second kappa shape index (κ2) is 6.15. The molecule has 0 saturated carbocycles. The van der Waals surface area contributed by atoms with E-state index < -0.39 is 5.41 Å². The van der Waals surface area contributed by atoms with Crippen LogP contribution in [0.3, 0.4) is 0 Å². The van der Waals surface area contributed by atoms with Crippen molar-refractivity contribution in [2.75, 3.05) is 24.5 Å². The minimum absolute atomic E-state index is 0.0630. The summed E-state index contributed by atoms with van der Waals surface area (Å²) in [4.78, 5) is 33.4. The van der Waals surface area contributed by atoms with E-state index in [2.05, 4.69) is 4.98 Å². The third kappa shape index (κ3) is 2.78. The van der Waals surface area contributed by atoms with E-state index in [4.69, 9.17) is 11.6 Å². The van der Waals surface area contributed by atoms with Crippen molar-refractivity contribution in [3.63, 3.8) is 0 Å². The maximum atomic E-state index is 13.0. The molecule has 25 heavy (non-hydrogen) atoms. The predicted molar refractivity (Wildman–Crippen MR) is 95.6 cm³/mol. The van der Waals surface area contributed by atoms with Crippen molar-refractivity contribution >= 4 is 29.1 Å². The normalized spacial score (nSPS) is 22.8. The molecule has 2 aliphatic heterocycles. The van der Waals surface area contributed by atoms with Crippen molar-refractivity contribution in [1.82, 2.24) is 9.88 Å². The summed E-state index contributed by atoms with van der Waals surface area (Å²) in [6.45, 7) is 1.73. The molecule has 2 aromatic rings. The Morgan fingerprint density at radius 3 is 2.76 bits per heavy atom. The van der Waals surface area contributed by atoms with Gasteiger partial charge in [0.1, 0.15) is 0 Å². The second-order valence-corrected chi connectivity index (χ2v) is 7.12. The molecular formula is C19H18ClN3O2. The summed E-state index contributed by atoms with van der Waals surface area (Å²) >= 11 is 5.99. The fraction of sp³-hybridized carbons (Fsp3) is 0.316. The lowest BCUT2D eigenvalue weighted by Gasteiger charge is -2.23. The third-order valence-corrected chi connectivity index (χ3v) is 5.42. The van der Waals surface area contributed by atoms with Crippen LogP contribution in [-0.2, 0) is 4.79 Å². The highest BCUT2D eigenvalue weighted by Gasteiger charge is 2.52. The van der Waals surface area contributed by atoms with Crippen LogP contribution in [0.1, 0.15) is 23.2 Å². The molecule has 4 rings (SSSR count). The van der Waals surface area contributed by atoms with E-state index in [0.717, 1.165) is 12.1 Å². The monoisotopic (exact) mass is 355 g/mol. The Morgan fingerprint density at radius 1 is 1.16 bits per heavy atom. The van der Waals surface area contributed by atoms with Gasteiger partial charge >= 0.3 is 0 Å². The van der Waals surface area contributed by atoms with Crippen LogP contribution in [0.2, 0.25) is 5.02 Å². The minimum Gasteiger partial charge on any atom is -0.338 e. The van der Waals surface area contributed by atoms with Gasteiger partial charge in [-0.05, 0) is 43.2 Å². The quantitative estimate of drug-likeness (QED) is 0.832. The third-order valence-electron chi connectivity index (χ3n) is 5.18. The zero-order valence-corrected chi connectivity index (χ0v) is 14.4. The Balaban J connectivity index is 1.52. The number of benzene rings is 1. The molecule has 1 unspecified atom stereocenters. The van der Waals surface area contributed by atoms with Gasteiger partial charge in [0.2, 0.25) is 5.91 Å². The zero-order valence-electron chi connectivity index (χ0n) is 13.7. The molecule has 2 saturated heterocycles. The smallest absolute Gasteiger partial charge is 0.253 e. The maximum absolute atomic E-state index is 13.0. The number of hydrogen-bond acceptors (Lipinski definition) is 3. The summed E-state index contributed by atoms with van der Waals surface area (Å²) in [6, 6.07) is 10.7. The van der Waals surface area contributed by atoms with Gasteiger partial charge in [-0.15, -0.1) is 0 Å². The first-order chi connectivity index (χ1) is 12.1. The number of halogens is 1. The number of aromatic nitrogens is 1. The predicted octanol–water partition coefficient (Wildman–Crippen LogP) is 3.00. The standard InChI is InChI=1S/C19H18ClN3O2/c20-15-4-1-3-14(11-15)17(24)22-9-6-19(13-22)7-10-23(18(19)25)16-5-2-8-21-12-16/h1-5,8,11-12H,6-7,9-10,13H2. The molecular weight excluding hydrogens is 338 g/mol. The van der Waals surface area contributed by atoms with Crippen LogP contribution in [0, 0.1) is 5.41 Å². The van der Waals surface area contributed by atoms with Gasteiger partial charge in [0, 0.05) is 36.4 Å². The number of carbonyl (C=O) groups excluding carboxylic acids is 2. The van der Waals surface area contributed by atoms with Crippen LogP contribution < -0.4 is 4.90 Å². The van der Waals surface area contributed by atoms with E-state index >= 15 is 0 Å². The maximum Gasteiger partial charge on any atom is 0.253 e. The first-order valence-corrected chi connectivity index (χ1v) is 8.74. The number of anilines is 1. The second-order valence-electron chi connectivity index (χ2n) is 6.69. The number of nitrogens with zero attached hydrogens (tertiary/aromatic N) is 3. The van der Waals surface area contributed by atoms with E-state index in [0.29, 0.717) is 36.6 Å². The topological polar surface area (TPSA) is 53.5 Å². The number of amides is 2. The van der Waals surface area contributed by atoms with Crippen LogP contribution >= 0.6 is 11.6 Å². The average molecular weight is 356 g/mol. The van der Waals surface area contributed by atoms with Crippen molar-refractivity contribution < 1.29 is 9.59 Å². The lowest BCUT2D eigenvalue weighted by Crippen LogP contribution is -2.38. The average Bonchev–Trinajstić information content (AvgIpc) is 3.21. The van der Waals surface area contributed by atoms with Gasteiger partial charge in [-0.2, -0.15) is 0 Å². The molecule has 1 spiro atoms.